The largest absolute Gasteiger partial charge is 0.632 e. The molecule has 0 fully saturated rings. The van der Waals surface area contributed by atoms with Crippen LogP contribution in [0.3, 0.4) is 0 Å². The maximum absolute atomic E-state index is 13.2. The van der Waals surface area contributed by atoms with Crippen molar-refractivity contribution in [3.8, 4) is 0 Å². The lowest BCUT2D eigenvalue weighted by Gasteiger charge is -2.40. The Labute approximate surface area is 164 Å². The Morgan fingerprint density at radius 3 is 1.08 bits per heavy atom. The molecule has 0 bridgehead atoms. The van der Waals surface area contributed by atoms with Gasteiger partial charge in [0, 0.05) is 0 Å². The van der Waals surface area contributed by atoms with Crippen LogP contribution in [-0.2, 0) is 0 Å². The van der Waals surface area contributed by atoms with Crippen LogP contribution >= 0.6 is 0 Å². The second kappa shape index (κ2) is 18.9. The van der Waals surface area contributed by atoms with E-state index >= 15 is 0 Å². The lowest BCUT2D eigenvalue weighted by Crippen LogP contribution is -2.42. The predicted octanol–water partition coefficient (Wildman–Crippen LogP) is 7.71. The van der Waals surface area contributed by atoms with Gasteiger partial charge < -0.3 is 9.85 Å². The fourth-order valence-corrected chi connectivity index (χ4v) is 2.91. The van der Waals surface area contributed by atoms with Crippen LogP contribution in [0.5, 0.6) is 0 Å². The first-order chi connectivity index (χ1) is 12.7. The Bertz CT molecular complexity index is 315. The molecule has 0 aliphatic heterocycles. The molecule has 2 nitrogen and oxygen atoms in total. The molecule has 0 aromatic carbocycles. The Kier molecular flexibility index (Phi) is 18.3. The zero-order valence-corrected chi connectivity index (χ0v) is 17.9. The van der Waals surface area contributed by atoms with Gasteiger partial charge in [-0.05, 0) is 56.8 Å². The van der Waals surface area contributed by atoms with Crippen molar-refractivity contribution in [1.82, 2.24) is 0 Å². The van der Waals surface area contributed by atoms with E-state index < -0.39 is 0 Å². The van der Waals surface area contributed by atoms with Gasteiger partial charge in [0.05, 0.1) is 19.6 Å². The third kappa shape index (κ3) is 16.6. The molecule has 0 N–H and O–H groups in total. The summed E-state index contributed by atoms with van der Waals surface area (Å²) in [4.78, 5) is 0. The number of unbranched alkanes of at least 4 members (excludes halogenated alkanes) is 9. The monoisotopic (exact) mass is 363 g/mol. The van der Waals surface area contributed by atoms with E-state index in [2.05, 4.69) is 57.2 Å². The first-order valence-corrected chi connectivity index (χ1v) is 11.2. The molecule has 0 rings (SSSR count). The van der Waals surface area contributed by atoms with Crippen molar-refractivity contribution in [1.29, 1.82) is 0 Å². The number of hydroxylamine groups is 3. The smallest absolute Gasteiger partial charge is 0.0975 e. The van der Waals surface area contributed by atoms with Gasteiger partial charge in [-0.1, -0.05) is 77.5 Å². The van der Waals surface area contributed by atoms with E-state index in [4.69, 9.17) is 0 Å². The van der Waals surface area contributed by atoms with Crippen LogP contribution in [-0.4, -0.2) is 24.3 Å². The summed E-state index contributed by atoms with van der Waals surface area (Å²) in [6.07, 6.45) is 27.6. The van der Waals surface area contributed by atoms with Gasteiger partial charge in [-0.15, -0.1) is 0 Å². The summed E-state index contributed by atoms with van der Waals surface area (Å²) in [6, 6.07) is 0. The molecule has 0 aromatic rings. The van der Waals surface area contributed by atoms with E-state index in [1.807, 2.05) is 0 Å². The Hall–Kier alpha value is -0.860. The molecular formula is C24H45NO. The first kappa shape index (κ1) is 25.1. The summed E-state index contributed by atoms with van der Waals surface area (Å²) in [5, 5.41) is 13.2. The average Bonchev–Trinajstić information content (AvgIpc) is 2.64. The molecule has 0 saturated heterocycles. The summed E-state index contributed by atoms with van der Waals surface area (Å²) in [6.45, 7) is 8.44. The highest BCUT2D eigenvalue weighted by Crippen LogP contribution is 2.09. The van der Waals surface area contributed by atoms with Crippen LogP contribution in [0.25, 0.3) is 0 Å². The van der Waals surface area contributed by atoms with E-state index in [1.165, 1.54) is 57.8 Å². The lowest BCUT2D eigenvalue weighted by atomic mass is 10.2. The molecule has 0 atom stereocenters. The van der Waals surface area contributed by atoms with Gasteiger partial charge in [0.1, 0.15) is 0 Å². The molecule has 0 radical (unpaired) electrons. The second-order valence-electron chi connectivity index (χ2n) is 7.51. The van der Waals surface area contributed by atoms with E-state index in [-0.39, 0.29) is 4.65 Å². The van der Waals surface area contributed by atoms with E-state index in [0.717, 1.165) is 19.3 Å². The minimum absolute atomic E-state index is 0.154. The van der Waals surface area contributed by atoms with Crippen LogP contribution in [0.1, 0.15) is 97.8 Å². The topological polar surface area (TPSA) is 23.1 Å². The molecule has 0 amide bonds. The molecule has 0 aliphatic carbocycles. The van der Waals surface area contributed by atoms with Crippen molar-refractivity contribution < 1.29 is 4.65 Å². The maximum atomic E-state index is 13.2. The van der Waals surface area contributed by atoms with Crippen LogP contribution in [0.2, 0.25) is 0 Å². The number of quaternary nitrogens is 1. The predicted molar refractivity (Wildman–Crippen MR) is 118 cm³/mol. The lowest BCUT2D eigenvalue weighted by molar-refractivity contribution is -0.862. The summed E-state index contributed by atoms with van der Waals surface area (Å²) in [5.74, 6) is 0. The molecule has 152 valence electrons. The van der Waals surface area contributed by atoms with Gasteiger partial charge in [0.2, 0.25) is 0 Å². The average molecular weight is 364 g/mol. The van der Waals surface area contributed by atoms with Gasteiger partial charge in [-0.25, -0.2) is 0 Å². The summed E-state index contributed by atoms with van der Waals surface area (Å²) >= 11 is 0. The van der Waals surface area contributed by atoms with Gasteiger partial charge >= 0.3 is 0 Å². The zero-order chi connectivity index (χ0) is 19.3. The van der Waals surface area contributed by atoms with Gasteiger partial charge in [0.25, 0.3) is 0 Å². The van der Waals surface area contributed by atoms with Crippen LogP contribution < -0.4 is 0 Å². The van der Waals surface area contributed by atoms with Crippen molar-refractivity contribution in [2.24, 2.45) is 0 Å². The maximum Gasteiger partial charge on any atom is 0.0975 e. The quantitative estimate of drug-likeness (QED) is 0.106. The fraction of sp³-hybridized carbons (Fsp3) is 0.750. The molecular weight excluding hydrogens is 318 g/mol. The molecule has 0 heterocycles. The van der Waals surface area contributed by atoms with Crippen molar-refractivity contribution in [2.45, 2.75) is 97.8 Å². The Balaban J connectivity index is 4.39. The molecule has 0 unspecified atom stereocenters. The summed E-state index contributed by atoms with van der Waals surface area (Å²) in [7, 11) is 0. The third-order valence-electron chi connectivity index (χ3n) is 4.74. The van der Waals surface area contributed by atoms with Crippen LogP contribution in [0.15, 0.2) is 36.5 Å². The molecule has 0 saturated carbocycles. The minimum Gasteiger partial charge on any atom is -0.632 e. The molecule has 26 heavy (non-hydrogen) atoms. The SMILES string of the molecule is CCCCC/C=C/C[N+]([O-])(C/C=C/CCCCC)C/C=C/CCCCC. The highest BCUT2D eigenvalue weighted by molar-refractivity contribution is 4.88. The number of hydrogen-bond acceptors (Lipinski definition) is 1. The van der Waals surface area contributed by atoms with Crippen LogP contribution in [0.4, 0.5) is 0 Å². The van der Waals surface area contributed by atoms with E-state index in [0.29, 0.717) is 19.6 Å². The highest BCUT2D eigenvalue weighted by Gasteiger charge is 2.10. The zero-order valence-electron chi connectivity index (χ0n) is 17.9. The number of rotatable bonds is 18. The minimum atomic E-state index is -0.154. The normalized spacial score (nSPS) is 12.9. The summed E-state index contributed by atoms with van der Waals surface area (Å²) < 4.78 is -0.154. The Morgan fingerprint density at radius 1 is 0.500 bits per heavy atom. The standard InChI is InChI=1S/C24H45NO/c1-4-7-10-13-16-19-22-25(26,23-20-17-14-11-8-5-2)24-21-18-15-12-9-6-3/h16-21H,4-15,22-24H2,1-3H3/b19-16+,20-17+,21-18+. The van der Waals surface area contributed by atoms with Crippen molar-refractivity contribution in [3.63, 3.8) is 0 Å². The Morgan fingerprint density at radius 2 is 0.808 bits per heavy atom. The van der Waals surface area contributed by atoms with E-state index in [9.17, 15) is 5.21 Å². The highest BCUT2D eigenvalue weighted by atomic mass is 16.5. The second-order valence-corrected chi connectivity index (χ2v) is 7.51. The molecule has 0 aliphatic rings. The number of nitrogens with zero attached hydrogens (tertiary/aromatic N) is 1. The molecule has 0 aromatic heterocycles. The van der Waals surface area contributed by atoms with Crippen molar-refractivity contribution in [2.75, 3.05) is 19.6 Å². The fourth-order valence-electron chi connectivity index (χ4n) is 2.91. The number of hydrogen-bond donors (Lipinski definition) is 0. The number of allylic oxidation sites excluding steroid dienone is 3. The van der Waals surface area contributed by atoms with Crippen molar-refractivity contribution >= 4 is 0 Å². The third-order valence-corrected chi connectivity index (χ3v) is 4.74. The first-order valence-electron chi connectivity index (χ1n) is 11.2. The molecule has 2 heteroatoms. The molecule has 0 spiro atoms. The van der Waals surface area contributed by atoms with Gasteiger partial charge in [0.15, 0.2) is 0 Å². The van der Waals surface area contributed by atoms with Crippen LogP contribution in [0, 0.1) is 5.21 Å². The van der Waals surface area contributed by atoms with E-state index in [1.54, 1.807) is 0 Å². The van der Waals surface area contributed by atoms with Crippen molar-refractivity contribution in [3.05, 3.63) is 41.7 Å². The van der Waals surface area contributed by atoms with Gasteiger partial charge in [-0.3, -0.25) is 0 Å². The summed E-state index contributed by atoms with van der Waals surface area (Å²) in [5.41, 5.74) is 0. The van der Waals surface area contributed by atoms with Gasteiger partial charge in [-0.2, -0.15) is 0 Å².